The highest BCUT2D eigenvalue weighted by atomic mass is 35.5. The highest BCUT2D eigenvalue weighted by Crippen LogP contribution is 2.28. The Morgan fingerprint density at radius 3 is 1.85 bits per heavy atom. The molecule has 0 saturated carbocycles. The van der Waals surface area contributed by atoms with Crippen LogP contribution in [0, 0.1) is 0 Å². The summed E-state index contributed by atoms with van der Waals surface area (Å²) < 4.78 is 11.5. The molecule has 0 aliphatic carbocycles. The molecular weight excluding hydrogens is 354 g/mol. The van der Waals surface area contributed by atoms with Crippen molar-refractivity contribution in [2.45, 2.75) is 13.2 Å². The summed E-state index contributed by atoms with van der Waals surface area (Å²) in [7, 11) is 0. The summed E-state index contributed by atoms with van der Waals surface area (Å²) in [5.41, 5.74) is 1.89. The first-order valence-electron chi connectivity index (χ1n) is 7.79. The quantitative estimate of drug-likeness (QED) is 0.668. The van der Waals surface area contributed by atoms with Crippen LogP contribution in [-0.4, -0.2) is 16.1 Å². The molecule has 0 aliphatic rings. The Bertz CT molecular complexity index is 841. The zero-order valence-corrected chi connectivity index (χ0v) is 14.7. The molecule has 0 aliphatic heterocycles. The van der Waals surface area contributed by atoms with Gasteiger partial charge in [0.25, 0.3) is 0 Å². The number of hydrogen-bond acceptors (Lipinski definition) is 4. The van der Waals surface area contributed by atoms with Crippen molar-refractivity contribution in [2.75, 3.05) is 0 Å². The van der Waals surface area contributed by atoms with Crippen molar-refractivity contribution in [3.8, 4) is 11.5 Å². The van der Waals surface area contributed by atoms with E-state index in [1.165, 1.54) is 12.3 Å². The van der Waals surface area contributed by atoms with E-state index < -0.39 is 5.97 Å². The van der Waals surface area contributed by atoms with Gasteiger partial charge in [-0.2, -0.15) is 0 Å². The number of benzene rings is 2. The van der Waals surface area contributed by atoms with Crippen molar-refractivity contribution in [3.63, 3.8) is 0 Å². The van der Waals surface area contributed by atoms with Gasteiger partial charge in [-0.05, 0) is 11.1 Å². The van der Waals surface area contributed by atoms with Gasteiger partial charge in [0.05, 0.1) is 6.20 Å². The molecule has 26 heavy (non-hydrogen) atoms. The topological polar surface area (TPSA) is 68.7 Å². The summed E-state index contributed by atoms with van der Waals surface area (Å²) in [5.74, 6) is -0.351. The van der Waals surface area contributed by atoms with Gasteiger partial charge in [0, 0.05) is 6.07 Å². The molecule has 5 nitrogen and oxygen atoms in total. The fourth-order valence-electron chi connectivity index (χ4n) is 2.23. The molecule has 3 rings (SSSR count). The van der Waals surface area contributed by atoms with E-state index in [1.54, 1.807) is 0 Å². The van der Waals surface area contributed by atoms with Gasteiger partial charge in [-0.15, -0.1) is 12.4 Å². The molecule has 1 heterocycles. The largest absolute Gasteiger partial charge is 0.485 e. The predicted molar refractivity (Wildman–Crippen MR) is 100.0 cm³/mol. The van der Waals surface area contributed by atoms with Crippen LogP contribution in [0.4, 0.5) is 0 Å². The Labute approximate surface area is 157 Å². The van der Waals surface area contributed by atoms with Crippen LogP contribution >= 0.6 is 12.4 Å². The number of aromatic carboxylic acids is 1. The Hall–Kier alpha value is -3.05. The van der Waals surface area contributed by atoms with Crippen LogP contribution in [0.25, 0.3) is 0 Å². The van der Waals surface area contributed by atoms with E-state index in [1.807, 2.05) is 60.7 Å². The summed E-state index contributed by atoms with van der Waals surface area (Å²) >= 11 is 0. The van der Waals surface area contributed by atoms with Gasteiger partial charge in [0.1, 0.15) is 13.2 Å². The Morgan fingerprint density at radius 1 is 0.846 bits per heavy atom. The van der Waals surface area contributed by atoms with Crippen LogP contribution in [0.5, 0.6) is 11.5 Å². The minimum absolute atomic E-state index is 0. The first-order chi connectivity index (χ1) is 12.2. The van der Waals surface area contributed by atoms with Gasteiger partial charge in [-0.3, -0.25) is 0 Å². The second kappa shape index (κ2) is 9.44. The average Bonchev–Trinajstić information content (AvgIpc) is 2.66. The number of carbonyl (C=O) groups is 1. The highest BCUT2D eigenvalue weighted by Gasteiger charge is 2.13. The van der Waals surface area contributed by atoms with E-state index in [0.717, 1.165) is 11.1 Å². The lowest BCUT2D eigenvalue weighted by atomic mass is 10.2. The lowest BCUT2D eigenvalue weighted by Crippen LogP contribution is -2.05. The average molecular weight is 372 g/mol. The minimum Gasteiger partial charge on any atom is -0.485 e. The SMILES string of the molecule is Cl.O=C(O)c1cc(OCc2ccccc2)c(OCc2ccccc2)cn1. The third-order valence-corrected chi connectivity index (χ3v) is 3.52. The van der Waals surface area contributed by atoms with E-state index in [2.05, 4.69) is 4.98 Å². The van der Waals surface area contributed by atoms with E-state index >= 15 is 0 Å². The van der Waals surface area contributed by atoms with Crippen molar-refractivity contribution >= 4 is 18.4 Å². The molecular formula is C20H18ClNO4. The molecule has 0 spiro atoms. The van der Waals surface area contributed by atoms with Crippen molar-refractivity contribution in [1.29, 1.82) is 0 Å². The molecule has 0 amide bonds. The molecule has 134 valence electrons. The molecule has 1 aromatic heterocycles. The molecule has 6 heteroatoms. The number of carboxylic acid groups (broad SMARTS) is 1. The maximum atomic E-state index is 11.2. The maximum Gasteiger partial charge on any atom is 0.354 e. The molecule has 0 atom stereocenters. The molecule has 0 bridgehead atoms. The Kier molecular flexibility index (Phi) is 7.00. The highest BCUT2D eigenvalue weighted by molar-refractivity contribution is 5.86. The third kappa shape index (κ3) is 5.22. The van der Waals surface area contributed by atoms with E-state index in [0.29, 0.717) is 24.7 Å². The minimum atomic E-state index is -1.11. The Balaban J connectivity index is 0.00000243. The molecule has 0 fully saturated rings. The lowest BCUT2D eigenvalue weighted by Gasteiger charge is -2.13. The van der Waals surface area contributed by atoms with Gasteiger partial charge >= 0.3 is 5.97 Å². The Morgan fingerprint density at radius 2 is 1.35 bits per heavy atom. The normalized spacial score (nSPS) is 9.85. The maximum absolute atomic E-state index is 11.2. The van der Waals surface area contributed by atoms with Crippen molar-refractivity contribution in [3.05, 3.63) is 89.7 Å². The van der Waals surface area contributed by atoms with Crippen LogP contribution in [0.2, 0.25) is 0 Å². The second-order valence-corrected chi connectivity index (χ2v) is 5.37. The van der Waals surface area contributed by atoms with Crippen molar-refractivity contribution in [2.24, 2.45) is 0 Å². The summed E-state index contributed by atoms with van der Waals surface area (Å²) in [6.45, 7) is 0.655. The van der Waals surface area contributed by atoms with Crippen LogP contribution in [0.1, 0.15) is 21.6 Å². The van der Waals surface area contributed by atoms with E-state index in [9.17, 15) is 4.79 Å². The van der Waals surface area contributed by atoms with Gasteiger partial charge in [-0.1, -0.05) is 60.7 Å². The number of halogens is 1. The van der Waals surface area contributed by atoms with Crippen LogP contribution < -0.4 is 9.47 Å². The monoisotopic (exact) mass is 371 g/mol. The lowest BCUT2D eigenvalue weighted by molar-refractivity contribution is 0.0689. The fourth-order valence-corrected chi connectivity index (χ4v) is 2.23. The third-order valence-electron chi connectivity index (χ3n) is 3.52. The first-order valence-corrected chi connectivity index (χ1v) is 7.79. The van der Waals surface area contributed by atoms with Crippen LogP contribution in [0.15, 0.2) is 72.9 Å². The summed E-state index contributed by atoms with van der Waals surface area (Å²) in [6.07, 6.45) is 1.38. The number of pyridine rings is 1. The number of aromatic nitrogens is 1. The summed E-state index contributed by atoms with van der Waals surface area (Å²) in [6, 6.07) is 20.7. The van der Waals surface area contributed by atoms with Gasteiger partial charge < -0.3 is 14.6 Å². The molecule has 1 N–H and O–H groups in total. The summed E-state index contributed by atoms with van der Waals surface area (Å²) in [4.78, 5) is 15.1. The van der Waals surface area contributed by atoms with Gasteiger partial charge in [0.2, 0.25) is 0 Å². The number of hydrogen-bond donors (Lipinski definition) is 1. The number of ether oxygens (including phenoxy) is 2. The zero-order valence-electron chi connectivity index (χ0n) is 13.9. The smallest absolute Gasteiger partial charge is 0.354 e. The molecule has 0 saturated heterocycles. The van der Waals surface area contributed by atoms with E-state index in [4.69, 9.17) is 14.6 Å². The molecule has 2 aromatic carbocycles. The fraction of sp³-hybridized carbons (Fsp3) is 0.100. The zero-order chi connectivity index (χ0) is 17.5. The van der Waals surface area contributed by atoms with Crippen LogP contribution in [0.3, 0.4) is 0 Å². The van der Waals surface area contributed by atoms with Crippen LogP contribution in [-0.2, 0) is 13.2 Å². The van der Waals surface area contributed by atoms with Crippen molar-refractivity contribution in [1.82, 2.24) is 4.98 Å². The second-order valence-electron chi connectivity index (χ2n) is 5.37. The molecule has 3 aromatic rings. The molecule has 0 radical (unpaired) electrons. The van der Waals surface area contributed by atoms with Gasteiger partial charge in [0.15, 0.2) is 17.2 Å². The van der Waals surface area contributed by atoms with E-state index in [-0.39, 0.29) is 18.1 Å². The van der Waals surface area contributed by atoms with Crippen molar-refractivity contribution < 1.29 is 19.4 Å². The number of nitrogens with zero attached hydrogens (tertiary/aromatic N) is 1. The number of rotatable bonds is 7. The standard InChI is InChI=1S/C20H17NO4.ClH/c22-20(23)17-11-18(24-13-15-7-3-1-4-8-15)19(12-21-17)25-14-16-9-5-2-6-10-16;/h1-12H,13-14H2,(H,22,23);1H. The first kappa shape index (κ1) is 19.3. The predicted octanol–water partition coefficient (Wildman–Crippen LogP) is 4.36. The number of carboxylic acids is 1. The molecule has 0 unspecified atom stereocenters. The summed E-state index contributed by atoms with van der Waals surface area (Å²) in [5, 5.41) is 9.13. The van der Waals surface area contributed by atoms with Gasteiger partial charge in [-0.25, -0.2) is 9.78 Å².